The Bertz CT molecular complexity index is 644. The molecule has 1 unspecified atom stereocenters. The molecule has 1 atom stereocenters. The van der Waals surface area contributed by atoms with E-state index in [-0.39, 0.29) is 11.9 Å². The van der Waals surface area contributed by atoms with Crippen molar-refractivity contribution in [2.75, 3.05) is 5.43 Å². The van der Waals surface area contributed by atoms with Crippen LogP contribution < -0.4 is 16.6 Å². The molecule has 0 saturated heterocycles. The summed E-state index contributed by atoms with van der Waals surface area (Å²) in [5.41, 5.74) is 6.51. The predicted molar refractivity (Wildman–Crippen MR) is 80.8 cm³/mol. The first kappa shape index (κ1) is 15.1. The number of aromatic nitrogens is 1. The van der Waals surface area contributed by atoms with E-state index in [0.717, 1.165) is 28.3 Å². The molecule has 0 spiro atoms. The van der Waals surface area contributed by atoms with E-state index < -0.39 is 0 Å². The molecule has 1 aromatic heterocycles. The molecular weight excluding hydrogens is 268 g/mol. The largest absolute Gasteiger partial charge is 0.361 e. The van der Waals surface area contributed by atoms with Gasteiger partial charge in [0.1, 0.15) is 5.76 Å². The van der Waals surface area contributed by atoms with E-state index in [1.807, 2.05) is 33.8 Å². The van der Waals surface area contributed by atoms with Crippen LogP contribution >= 0.6 is 0 Å². The minimum atomic E-state index is -0.171. The number of carbonyl (C=O) groups is 1. The molecule has 2 rings (SSSR count). The van der Waals surface area contributed by atoms with Gasteiger partial charge in [0.25, 0.3) is 5.91 Å². The number of hydrogen-bond donors (Lipinski definition) is 3. The van der Waals surface area contributed by atoms with Crippen LogP contribution in [0.3, 0.4) is 0 Å². The Labute approximate surface area is 123 Å². The Kier molecular flexibility index (Phi) is 4.28. The highest BCUT2D eigenvalue weighted by molar-refractivity contribution is 5.96. The summed E-state index contributed by atoms with van der Waals surface area (Å²) in [4.78, 5) is 12.4. The van der Waals surface area contributed by atoms with Gasteiger partial charge >= 0.3 is 0 Å². The van der Waals surface area contributed by atoms with Crippen LogP contribution in [0.4, 0.5) is 5.69 Å². The summed E-state index contributed by atoms with van der Waals surface area (Å²) in [6.07, 6.45) is 0. The fourth-order valence-electron chi connectivity index (χ4n) is 2.46. The number of aryl methyl sites for hydroxylation is 3. The van der Waals surface area contributed by atoms with Crippen molar-refractivity contribution in [2.24, 2.45) is 5.84 Å². The van der Waals surface area contributed by atoms with E-state index in [0.29, 0.717) is 5.56 Å². The van der Waals surface area contributed by atoms with Gasteiger partial charge in [-0.25, -0.2) is 0 Å². The lowest BCUT2D eigenvalue weighted by molar-refractivity contribution is 0.0939. The van der Waals surface area contributed by atoms with Gasteiger partial charge in [0.2, 0.25) is 0 Å². The van der Waals surface area contributed by atoms with E-state index in [4.69, 9.17) is 10.4 Å². The predicted octanol–water partition coefficient (Wildman–Crippen LogP) is 2.38. The maximum Gasteiger partial charge on any atom is 0.252 e. The monoisotopic (exact) mass is 288 g/mol. The third-order valence-corrected chi connectivity index (χ3v) is 3.51. The summed E-state index contributed by atoms with van der Waals surface area (Å²) < 4.78 is 5.13. The Balaban J connectivity index is 2.18. The van der Waals surface area contributed by atoms with Crippen molar-refractivity contribution in [2.45, 2.75) is 33.7 Å². The molecule has 0 radical (unpaired) electrons. The van der Waals surface area contributed by atoms with Crippen LogP contribution in [-0.2, 0) is 0 Å². The number of anilines is 1. The number of rotatable bonds is 4. The van der Waals surface area contributed by atoms with E-state index >= 15 is 0 Å². The van der Waals surface area contributed by atoms with Crippen LogP contribution in [0.2, 0.25) is 0 Å². The molecule has 0 aliphatic heterocycles. The Morgan fingerprint density at radius 2 is 2.05 bits per heavy atom. The number of nitrogens with zero attached hydrogens (tertiary/aromatic N) is 1. The van der Waals surface area contributed by atoms with Crippen LogP contribution in [-0.4, -0.2) is 11.1 Å². The summed E-state index contributed by atoms with van der Waals surface area (Å²) in [6.45, 7) is 7.48. The second-order valence-electron chi connectivity index (χ2n) is 5.11. The lowest BCUT2D eigenvalue weighted by atomic mass is 10.0. The maximum absolute atomic E-state index is 12.4. The zero-order valence-electron chi connectivity index (χ0n) is 12.7. The summed E-state index contributed by atoms with van der Waals surface area (Å²) in [6, 6.07) is 5.17. The number of hydrazine groups is 1. The number of nitrogens with two attached hydrogens (primary N) is 1. The van der Waals surface area contributed by atoms with Crippen LogP contribution in [0.1, 0.15) is 45.9 Å². The maximum atomic E-state index is 12.4. The number of amides is 1. The van der Waals surface area contributed by atoms with E-state index in [2.05, 4.69) is 15.9 Å². The molecule has 0 saturated carbocycles. The SMILES string of the molecule is Cc1cc(NN)ccc1C(=O)NC(C)c1c(C)noc1C. The summed E-state index contributed by atoms with van der Waals surface area (Å²) in [5, 5.41) is 6.88. The average molecular weight is 288 g/mol. The molecule has 6 heteroatoms. The van der Waals surface area contributed by atoms with Crippen molar-refractivity contribution in [3.8, 4) is 0 Å². The van der Waals surface area contributed by atoms with Crippen molar-refractivity contribution in [1.82, 2.24) is 10.5 Å². The smallest absolute Gasteiger partial charge is 0.252 e. The first-order valence-electron chi connectivity index (χ1n) is 6.75. The number of hydrogen-bond acceptors (Lipinski definition) is 5. The summed E-state index contributed by atoms with van der Waals surface area (Å²) in [7, 11) is 0. The normalized spacial score (nSPS) is 12.0. The Morgan fingerprint density at radius 1 is 1.33 bits per heavy atom. The molecule has 0 aliphatic carbocycles. The highest BCUT2D eigenvalue weighted by Gasteiger charge is 2.19. The second kappa shape index (κ2) is 5.97. The fourth-order valence-corrected chi connectivity index (χ4v) is 2.46. The van der Waals surface area contributed by atoms with Crippen molar-refractivity contribution < 1.29 is 9.32 Å². The van der Waals surface area contributed by atoms with Gasteiger partial charge in [-0.1, -0.05) is 5.16 Å². The van der Waals surface area contributed by atoms with E-state index in [1.54, 1.807) is 12.1 Å². The van der Waals surface area contributed by atoms with Gasteiger partial charge in [-0.15, -0.1) is 0 Å². The molecule has 1 aromatic carbocycles. The summed E-state index contributed by atoms with van der Waals surface area (Å²) >= 11 is 0. The summed E-state index contributed by atoms with van der Waals surface area (Å²) in [5.74, 6) is 5.94. The van der Waals surface area contributed by atoms with Crippen LogP contribution in [0.5, 0.6) is 0 Å². The zero-order chi connectivity index (χ0) is 15.6. The number of nitrogens with one attached hydrogen (secondary N) is 2. The molecule has 1 heterocycles. The molecule has 21 heavy (non-hydrogen) atoms. The highest BCUT2D eigenvalue weighted by atomic mass is 16.5. The van der Waals surface area contributed by atoms with Crippen molar-refractivity contribution in [1.29, 1.82) is 0 Å². The van der Waals surface area contributed by atoms with Gasteiger partial charge in [-0.05, 0) is 51.5 Å². The minimum absolute atomic E-state index is 0.136. The minimum Gasteiger partial charge on any atom is -0.361 e. The molecule has 0 aliphatic rings. The molecule has 112 valence electrons. The lowest BCUT2D eigenvalue weighted by Gasteiger charge is -2.15. The molecule has 2 aromatic rings. The Hall–Kier alpha value is -2.34. The van der Waals surface area contributed by atoms with E-state index in [9.17, 15) is 4.79 Å². The van der Waals surface area contributed by atoms with Gasteiger partial charge < -0.3 is 15.3 Å². The third-order valence-electron chi connectivity index (χ3n) is 3.51. The average Bonchev–Trinajstić information content (AvgIpc) is 2.77. The number of nitrogen functional groups attached to an aromatic ring is 1. The Morgan fingerprint density at radius 3 is 2.57 bits per heavy atom. The number of benzene rings is 1. The molecule has 1 amide bonds. The molecule has 6 nitrogen and oxygen atoms in total. The molecule has 0 bridgehead atoms. The topological polar surface area (TPSA) is 93.2 Å². The molecule has 4 N–H and O–H groups in total. The molecule has 0 fully saturated rings. The fraction of sp³-hybridized carbons (Fsp3) is 0.333. The van der Waals surface area contributed by atoms with Crippen LogP contribution in [0.25, 0.3) is 0 Å². The zero-order valence-corrected chi connectivity index (χ0v) is 12.7. The van der Waals surface area contributed by atoms with Crippen LogP contribution in [0.15, 0.2) is 22.7 Å². The van der Waals surface area contributed by atoms with Gasteiger partial charge in [0.05, 0.1) is 11.7 Å². The highest BCUT2D eigenvalue weighted by Crippen LogP contribution is 2.22. The van der Waals surface area contributed by atoms with Crippen molar-refractivity contribution in [3.05, 3.63) is 46.3 Å². The number of carbonyl (C=O) groups excluding carboxylic acids is 1. The third kappa shape index (κ3) is 3.05. The lowest BCUT2D eigenvalue weighted by Crippen LogP contribution is -2.28. The van der Waals surface area contributed by atoms with Gasteiger partial charge in [-0.2, -0.15) is 0 Å². The van der Waals surface area contributed by atoms with Gasteiger partial charge in [0.15, 0.2) is 0 Å². The second-order valence-corrected chi connectivity index (χ2v) is 5.11. The van der Waals surface area contributed by atoms with Crippen LogP contribution in [0, 0.1) is 20.8 Å². The standard InChI is InChI=1S/C15H20N4O2/c1-8-7-12(18-16)5-6-13(8)15(20)17-9(2)14-10(3)19-21-11(14)4/h5-7,9,18H,16H2,1-4H3,(H,17,20). The van der Waals surface area contributed by atoms with Gasteiger partial charge in [-0.3, -0.25) is 10.6 Å². The quantitative estimate of drug-likeness (QED) is 0.593. The van der Waals surface area contributed by atoms with E-state index in [1.165, 1.54) is 0 Å². The first-order valence-corrected chi connectivity index (χ1v) is 6.75. The van der Waals surface area contributed by atoms with Crippen molar-refractivity contribution in [3.63, 3.8) is 0 Å². The van der Waals surface area contributed by atoms with Crippen molar-refractivity contribution >= 4 is 11.6 Å². The van der Waals surface area contributed by atoms with Gasteiger partial charge in [0, 0.05) is 16.8 Å². The molecular formula is C15H20N4O2. The first-order chi connectivity index (χ1) is 9.93.